The number of nitrogens with zero attached hydrogens (tertiary/aromatic N) is 3. The Balaban J connectivity index is 1.98. The number of nitrogens with two attached hydrogens (primary N) is 1. The monoisotopic (exact) mass is 281 g/mol. The van der Waals surface area contributed by atoms with Crippen LogP contribution in [0.2, 0.25) is 0 Å². The zero-order valence-corrected chi connectivity index (χ0v) is 12.6. The molecule has 112 valence electrons. The summed E-state index contributed by atoms with van der Waals surface area (Å²) in [6.07, 6.45) is 0.709. The summed E-state index contributed by atoms with van der Waals surface area (Å²) in [5.41, 5.74) is 4.91. The van der Waals surface area contributed by atoms with E-state index in [2.05, 4.69) is 36.3 Å². The van der Waals surface area contributed by atoms with Gasteiger partial charge >= 0.3 is 6.01 Å². The molecule has 1 atom stereocenters. The quantitative estimate of drug-likeness (QED) is 0.841. The molecule has 1 aliphatic heterocycles. The van der Waals surface area contributed by atoms with Crippen LogP contribution in [0.25, 0.3) is 0 Å². The summed E-state index contributed by atoms with van der Waals surface area (Å²) in [5.74, 6) is 0.261. The summed E-state index contributed by atoms with van der Waals surface area (Å²) in [7, 11) is 0. The zero-order chi connectivity index (χ0) is 15.0. The number of amides is 1. The lowest BCUT2D eigenvalue weighted by molar-refractivity contribution is -0.125. The van der Waals surface area contributed by atoms with Crippen molar-refractivity contribution >= 4 is 11.9 Å². The number of rotatable bonds is 4. The van der Waals surface area contributed by atoms with Crippen molar-refractivity contribution in [2.24, 2.45) is 11.1 Å². The average Bonchev–Trinajstić information content (AvgIpc) is 2.92. The van der Waals surface area contributed by atoms with Crippen molar-refractivity contribution in [3.05, 3.63) is 5.89 Å². The Morgan fingerprint density at radius 1 is 1.50 bits per heavy atom. The third-order valence-corrected chi connectivity index (χ3v) is 3.56. The number of hydrogen-bond acceptors (Lipinski definition) is 6. The van der Waals surface area contributed by atoms with Crippen LogP contribution in [0.1, 0.15) is 40.0 Å². The number of anilines is 1. The van der Waals surface area contributed by atoms with E-state index >= 15 is 0 Å². The summed E-state index contributed by atoms with van der Waals surface area (Å²) in [4.78, 5) is 13.4. The highest BCUT2D eigenvalue weighted by atomic mass is 16.4. The van der Waals surface area contributed by atoms with Crippen molar-refractivity contribution < 1.29 is 9.21 Å². The number of hydrogen-bond donors (Lipinski definition) is 2. The Morgan fingerprint density at radius 2 is 2.20 bits per heavy atom. The van der Waals surface area contributed by atoms with E-state index in [0.717, 1.165) is 0 Å². The first kappa shape index (κ1) is 14.8. The van der Waals surface area contributed by atoms with Gasteiger partial charge in [0.05, 0.1) is 12.0 Å². The van der Waals surface area contributed by atoms with Gasteiger partial charge in [-0.05, 0) is 34.1 Å². The summed E-state index contributed by atoms with van der Waals surface area (Å²) in [6, 6.07) is 0.459. The van der Waals surface area contributed by atoms with Crippen LogP contribution in [0, 0.1) is 5.41 Å². The second-order valence-electron chi connectivity index (χ2n) is 6.68. The normalized spacial score (nSPS) is 23.3. The van der Waals surface area contributed by atoms with E-state index in [0.29, 0.717) is 38.0 Å². The first-order valence-electron chi connectivity index (χ1n) is 6.82. The van der Waals surface area contributed by atoms with Gasteiger partial charge in [-0.1, -0.05) is 5.10 Å². The Labute approximate surface area is 118 Å². The minimum absolute atomic E-state index is 0.00712. The smallest absolute Gasteiger partial charge is 0.318 e. The molecule has 1 unspecified atom stereocenters. The molecule has 2 rings (SSSR count). The van der Waals surface area contributed by atoms with Gasteiger partial charge in [0, 0.05) is 18.6 Å². The molecule has 20 heavy (non-hydrogen) atoms. The Morgan fingerprint density at radius 3 is 2.75 bits per heavy atom. The van der Waals surface area contributed by atoms with Gasteiger partial charge in [0.15, 0.2) is 0 Å². The molecule has 2 heterocycles. The van der Waals surface area contributed by atoms with Crippen LogP contribution in [0.4, 0.5) is 6.01 Å². The number of nitrogens with one attached hydrogen (secondary N) is 1. The highest BCUT2D eigenvalue weighted by molar-refractivity contribution is 5.81. The number of carbonyl (C=O) groups excluding carboxylic acids is 1. The lowest BCUT2D eigenvalue weighted by atomic mass is 9.89. The minimum Gasteiger partial charge on any atom is -0.407 e. The van der Waals surface area contributed by atoms with Crippen LogP contribution in [0.3, 0.4) is 0 Å². The molecule has 1 amide bonds. The summed E-state index contributed by atoms with van der Waals surface area (Å²) in [5, 5.41) is 11.3. The van der Waals surface area contributed by atoms with Gasteiger partial charge in [-0.25, -0.2) is 0 Å². The third-order valence-electron chi connectivity index (χ3n) is 3.56. The van der Waals surface area contributed by atoms with Gasteiger partial charge in [0.25, 0.3) is 0 Å². The maximum atomic E-state index is 11.4. The van der Waals surface area contributed by atoms with E-state index in [4.69, 9.17) is 10.2 Å². The van der Waals surface area contributed by atoms with E-state index in [1.54, 1.807) is 0 Å². The maximum Gasteiger partial charge on any atom is 0.318 e. The fourth-order valence-electron chi connectivity index (χ4n) is 2.11. The average molecular weight is 281 g/mol. The summed E-state index contributed by atoms with van der Waals surface area (Å²) < 4.78 is 5.63. The van der Waals surface area contributed by atoms with Crippen LogP contribution in [-0.4, -0.2) is 34.7 Å². The van der Waals surface area contributed by atoms with Gasteiger partial charge in [-0.2, -0.15) is 0 Å². The Kier molecular flexibility index (Phi) is 3.73. The van der Waals surface area contributed by atoms with Gasteiger partial charge in [-0.3, -0.25) is 4.79 Å². The Hall–Kier alpha value is -1.63. The van der Waals surface area contributed by atoms with Gasteiger partial charge in [-0.15, -0.1) is 5.10 Å². The van der Waals surface area contributed by atoms with Crippen molar-refractivity contribution in [3.63, 3.8) is 0 Å². The summed E-state index contributed by atoms with van der Waals surface area (Å²) in [6.45, 7) is 9.84. The maximum absolute atomic E-state index is 11.4. The highest BCUT2D eigenvalue weighted by Gasteiger charge is 2.40. The van der Waals surface area contributed by atoms with Crippen LogP contribution >= 0.6 is 0 Å². The first-order valence-corrected chi connectivity index (χ1v) is 6.82. The topological polar surface area (TPSA) is 97.3 Å². The zero-order valence-electron chi connectivity index (χ0n) is 12.6. The predicted molar refractivity (Wildman–Crippen MR) is 75.0 cm³/mol. The second-order valence-corrected chi connectivity index (χ2v) is 6.68. The molecular weight excluding hydrogens is 258 g/mol. The van der Waals surface area contributed by atoms with Crippen LogP contribution in [-0.2, 0) is 11.3 Å². The van der Waals surface area contributed by atoms with Crippen molar-refractivity contribution in [1.82, 2.24) is 15.5 Å². The highest BCUT2D eigenvalue weighted by Crippen LogP contribution is 2.32. The first-order chi connectivity index (χ1) is 9.20. The molecule has 0 bridgehead atoms. The Bertz CT molecular complexity index is 493. The van der Waals surface area contributed by atoms with Crippen molar-refractivity contribution in [3.8, 4) is 0 Å². The molecule has 0 aromatic carbocycles. The lowest BCUT2D eigenvalue weighted by Crippen LogP contribution is -2.37. The standard InChI is InChI=1S/C13H23N5O2/c1-12(2,3)15-7-9-16-17-11(20-9)18-6-5-13(4,8-18)10(14)19/h15H,5-8H2,1-4H3,(H2,14,19). The summed E-state index contributed by atoms with van der Waals surface area (Å²) >= 11 is 0. The van der Waals surface area contributed by atoms with E-state index in [-0.39, 0.29) is 11.4 Å². The van der Waals surface area contributed by atoms with Crippen LogP contribution < -0.4 is 16.0 Å². The van der Waals surface area contributed by atoms with Gasteiger partial charge < -0.3 is 20.4 Å². The SMILES string of the molecule is CC(C)(C)NCc1nnc(N2CCC(C)(C(N)=O)C2)o1. The molecule has 0 saturated carbocycles. The molecule has 0 radical (unpaired) electrons. The third kappa shape index (κ3) is 3.27. The fraction of sp³-hybridized carbons (Fsp3) is 0.769. The van der Waals surface area contributed by atoms with Crippen LogP contribution in [0.15, 0.2) is 4.42 Å². The predicted octanol–water partition coefficient (Wildman–Crippen LogP) is 0.659. The lowest BCUT2D eigenvalue weighted by Gasteiger charge is -2.19. The molecule has 3 N–H and O–H groups in total. The number of primary amides is 1. The van der Waals surface area contributed by atoms with Gasteiger partial charge in [0.1, 0.15) is 0 Å². The fourth-order valence-corrected chi connectivity index (χ4v) is 2.11. The molecule has 7 heteroatoms. The molecular formula is C13H23N5O2. The molecule has 1 aliphatic rings. The molecule has 0 aliphatic carbocycles. The molecule has 1 aromatic rings. The molecule has 7 nitrogen and oxygen atoms in total. The van der Waals surface area contributed by atoms with Crippen LogP contribution in [0.5, 0.6) is 0 Å². The van der Waals surface area contributed by atoms with E-state index < -0.39 is 5.41 Å². The second kappa shape index (κ2) is 5.05. The molecule has 0 spiro atoms. The van der Waals surface area contributed by atoms with E-state index in [1.807, 2.05) is 11.8 Å². The number of carbonyl (C=O) groups is 1. The number of aromatic nitrogens is 2. The molecule has 1 fully saturated rings. The van der Waals surface area contributed by atoms with Crippen molar-refractivity contribution in [2.45, 2.75) is 46.2 Å². The molecule has 1 saturated heterocycles. The van der Waals surface area contributed by atoms with Gasteiger partial charge in [0.2, 0.25) is 11.8 Å². The largest absolute Gasteiger partial charge is 0.407 e. The van der Waals surface area contributed by atoms with Crippen molar-refractivity contribution in [1.29, 1.82) is 0 Å². The van der Waals surface area contributed by atoms with Crippen molar-refractivity contribution in [2.75, 3.05) is 18.0 Å². The van der Waals surface area contributed by atoms with E-state index in [1.165, 1.54) is 0 Å². The molecule has 1 aromatic heterocycles. The van der Waals surface area contributed by atoms with E-state index in [9.17, 15) is 4.79 Å². The minimum atomic E-state index is -0.516.